The first-order valence-corrected chi connectivity index (χ1v) is 3.42. The van der Waals surface area contributed by atoms with E-state index < -0.39 is 0 Å². The maximum atomic E-state index is 9.16. The first-order chi connectivity index (χ1) is 5.76. The Balaban J connectivity index is 2.97. The van der Waals surface area contributed by atoms with Crippen LogP contribution in [0.3, 0.4) is 0 Å². The number of phenols is 1. The van der Waals surface area contributed by atoms with Crippen LogP contribution in [-0.4, -0.2) is 12.2 Å². The summed E-state index contributed by atoms with van der Waals surface area (Å²) in [4.78, 5) is 0. The molecule has 0 aliphatic heterocycles. The molecule has 0 spiro atoms. The highest BCUT2D eigenvalue weighted by molar-refractivity contribution is 5.41. The van der Waals surface area contributed by atoms with Gasteiger partial charge in [0.15, 0.2) is 0 Å². The Morgan fingerprint density at radius 1 is 1.33 bits per heavy atom. The number of aromatic hydroxyl groups is 1. The third kappa shape index (κ3) is 1.92. The minimum Gasteiger partial charge on any atom is -0.508 e. The summed E-state index contributed by atoms with van der Waals surface area (Å²) in [6.07, 6.45) is 1.29. The van der Waals surface area contributed by atoms with Crippen LogP contribution in [0.15, 0.2) is 31.0 Å². The van der Waals surface area contributed by atoms with E-state index in [1.807, 2.05) is 0 Å². The molecule has 0 aromatic heterocycles. The van der Waals surface area contributed by atoms with Crippen molar-refractivity contribution in [3.05, 3.63) is 31.0 Å². The van der Waals surface area contributed by atoms with Crippen molar-refractivity contribution in [1.29, 1.82) is 0 Å². The zero-order valence-electron chi connectivity index (χ0n) is 6.78. The Morgan fingerprint density at radius 2 is 2.00 bits per heavy atom. The normalized spacial score (nSPS) is 9.08. The molecule has 0 heterocycles. The van der Waals surface area contributed by atoms with Crippen molar-refractivity contribution >= 4 is 0 Å². The molecule has 0 amide bonds. The van der Waals surface area contributed by atoms with Gasteiger partial charge in [-0.2, -0.15) is 0 Å². The van der Waals surface area contributed by atoms with Crippen molar-refractivity contribution in [2.45, 2.75) is 0 Å². The van der Waals surface area contributed by atoms with Gasteiger partial charge in [-0.3, -0.25) is 0 Å². The number of ether oxygens (including phenoxy) is 2. The van der Waals surface area contributed by atoms with Crippen LogP contribution in [0.5, 0.6) is 17.2 Å². The Labute approximate surface area is 70.9 Å². The molecule has 1 aromatic rings. The van der Waals surface area contributed by atoms with Gasteiger partial charge in [0.1, 0.15) is 17.2 Å². The third-order valence-corrected chi connectivity index (χ3v) is 1.32. The average molecular weight is 166 g/mol. The van der Waals surface area contributed by atoms with Gasteiger partial charge in [-0.1, -0.05) is 6.58 Å². The lowest BCUT2D eigenvalue weighted by atomic mass is 10.3. The highest BCUT2D eigenvalue weighted by Gasteiger charge is 1.99. The van der Waals surface area contributed by atoms with E-state index in [9.17, 15) is 0 Å². The number of phenolic OH excluding ortho intramolecular Hbond substituents is 1. The van der Waals surface area contributed by atoms with Crippen molar-refractivity contribution in [3.8, 4) is 17.2 Å². The van der Waals surface area contributed by atoms with Crippen LogP contribution in [0.1, 0.15) is 0 Å². The van der Waals surface area contributed by atoms with Crippen molar-refractivity contribution < 1.29 is 14.6 Å². The summed E-state index contributed by atoms with van der Waals surface area (Å²) in [6, 6.07) is 4.63. The molecule has 0 aliphatic carbocycles. The maximum Gasteiger partial charge on any atom is 0.133 e. The lowest BCUT2D eigenvalue weighted by Gasteiger charge is -2.04. The second-order valence-corrected chi connectivity index (χ2v) is 2.15. The molecule has 0 fully saturated rings. The lowest BCUT2D eigenvalue weighted by Crippen LogP contribution is -1.85. The zero-order valence-corrected chi connectivity index (χ0v) is 6.78. The van der Waals surface area contributed by atoms with E-state index in [2.05, 4.69) is 6.58 Å². The average Bonchev–Trinajstić information content (AvgIpc) is 2.04. The summed E-state index contributed by atoms with van der Waals surface area (Å²) in [5.74, 6) is 1.15. The summed E-state index contributed by atoms with van der Waals surface area (Å²) < 4.78 is 9.86. The Kier molecular flexibility index (Phi) is 2.58. The molecule has 0 aliphatic rings. The second-order valence-electron chi connectivity index (χ2n) is 2.15. The van der Waals surface area contributed by atoms with Gasteiger partial charge in [-0.25, -0.2) is 0 Å². The Bertz CT molecular complexity index is 281. The van der Waals surface area contributed by atoms with Gasteiger partial charge in [0.25, 0.3) is 0 Å². The SMILES string of the molecule is C=COc1cc(O)cc(OC)c1. The summed E-state index contributed by atoms with van der Waals surface area (Å²) in [7, 11) is 1.52. The molecule has 1 rings (SSSR count). The summed E-state index contributed by atoms with van der Waals surface area (Å²) in [5.41, 5.74) is 0. The highest BCUT2D eigenvalue weighted by atomic mass is 16.5. The molecular formula is C9H10O3. The number of benzene rings is 1. The third-order valence-electron chi connectivity index (χ3n) is 1.32. The molecule has 3 nitrogen and oxygen atoms in total. The van der Waals surface area contributed by atoms with Gasteiger partial charge in [0.05, 0.1) is 13.4 Å². The van der Waals surface area contributed by atoms with Crippen LogP contribution in [0.25, 0.3) is 0 Å². The molecular weight excluding hydrogens is 156 g/mol. The number of hydrogen-bond donors (Lipinski definition) is 1. The van der Waals surface area contributed by atoms with Crippen LogP contribution < -0.4 is 9.47 Å². The first kappa shape index (κ1) is 8.46. The first-order valence-electron chi connectivity index (χ1n) is 3.42. The van der Waals surface area contributed by atoms with Crippen LogP contribution in [0, 0.1) is 0 Å². The topological polar surface area (TPSA) is 38.7 Å². The lowest BCUT2D eigenvalue weighted by molar-refractivity contribution is 0.399. The van der Waals surface area contributed by atoms with E-state index >= 15 is 0 Å². The standard InChI is InChI=1S/C9H10O3/c1-3-12-9-5-7(10)4-8(6-9)11-2/h3-6,10H,1H2,2H3. The zero-order chi connectivity index (χ0) is 8.97. The van der Waals surface area contributed by atoms with Crippen LogP contribution >= 0.6 is 0 Å². The molecule has 0 unspecified atom stereocenters. The van der Waals surface area contributed by atoms with E-state index in [0.717, 1.165) is 0 Å². The van der Waals surface area contributed by atoms with Crippen LogP contribution in [-0.2, 0) is 0 Å². The van der Waals surface area contributed by atoms with Crippen molar-refractivity contribution in [1.82, 2.24) is 0 Å². The Morgan fingerprint density at radius 3 is 2.58 bits per heavy atom. The van der Waals surface area contributed by atoms with Crippen LogP contribution in [0.4, 0.5) is 0 Å². The number of rotatable bonds is 3. The second kappa shape index (κ2) is 3.67. The molecule has 0 saturated carbocycles. The maximum absolute atomic E-state index is 9.16. The quantitative estimate of drug-likeness (QED) is 0.697. The van der Waals surface area contributed by atoms with Crippen LogP contribution in [0.2, 0.25) is 0 Å². The summed E-state index contributed by atoms with van der Waals surface area (Å²) in [6.45, 7) is 3.40. The molecule has 0 bridgehead atoms. The fraction of sp³-hybridized carbons (Fsp3) is 0.111. The van der Waals surface area contributed by atoms with E-state index in [1.54, 1.807) is 6.07 Å². The molecule has 3 heteroatoms. The summed E-state index contributed by atoms with van der Waals surface area (Å²) >= 11 is 0. The molecule has 1 N–H and O–H groups in total. The van der Waals surface area contributed by atoms with Gasteiger partial charge in [0, 0.05) is 18.2 Å². The van der Waals surface area contributed by atoms with E-state index in [4.69, 9.17) is 14.6 Å². The molecule has 0 saturated heterocycles. The van der Waals surface area contributed by atoms with Gasteiger partial charge in [0.2, 0.25) is 0 Å². The number of hydrogen-bond acceptors (Lipinski definition) is 3. The Hall–Kier alpha value is -1.64. The fourth-order valence-electron chi connectivity index (χ4n) is 0.839. The van der Waals surface area contributed by atoms with E-state index in [0.29, 0.717) is 11.5 Å². The number of methoxy groups -OCH3 is 1. The van der Waals surface area contributed by atoms with E-state index in [1.165, 1.54) is 25.5 Å². The molecule has 0 radical (unpaired) electrons. The summed E-state index contributed by atoms with van der Waals surface area (Å²) in [5, 5.41) is 9.16. The minimum absolute atomic E-state index is 0.103. The van der Waals surface area contributed by atoms with Crippen molar-refractivity contribution in [2.24, 2.45) is 0 Å². The minimum atomic E-state index is 0.103. The van der Waals surface area contributed by atoms with E-state index in [-0.39, 0.29) is 5.75 Å². The van der Waals surface area contributed by atoms with Gasteiger partial charge in [-0.15, -0.1) is 0 Å². The molecule has 1 aromatic carbocycles. The van der Waals surface area contributed by atoms with Crippen molar-refractivity contribution in [2.75, 3.05) is 7.11 Å². The van der Waals surface area contributed by atoms with Gasteiger partial charge in [-0.05, 0) is 0 Å². The monoisotopic (exact) mass is 166 g/mol. The predicted molar refractivity (Wildman–Crippen MR) is 45.5 cm³/mol. The highest BCUT2D eigenvalue weighted by Crippen LogP contribution is 2.26. The smallest absolute Gasteiger partial charge is 0.133 e. The van der Waals surface area contributed by atoms with Gasteiger partial charge >= 0.3 is 0 Å². The largest absolute Gasteiger partial charge is 0.508 e. The van der Waals surface area contributed by atoms with Gasteiger partial charge < -0.3 is 14.6 Å². The molecule has 0 atom stereocenters. The molecule has 12 heavy (non-hydrogen) atoms. The van der Waals surface area contributed by atoms with Crippen molar-refractivity contribution in [3.63, 3.8) is 0 Å². The molecule has 64 valence electrons. The predicted octanol–water partition coefficient (Wildman–Crippen LogP) is 1.92. The fourth-order valence-corrected chi connectivity index (χ4v) is 0.839.